The molecule has 0 fully saturated rings. The third-order valence-corrected chi connectivity index (χ3v) is 4.51. The minimum atomic E-state index is 0. The van der Waals surface area contributed by atoms with Crippen LogP contribution in [0.3, 0.4) is 0 Å². The third kappa shape index (κ3) is 4.49. The second-order valence-corrected chi connectivity index (χ2v) is 6.52. The first-order chi connectivity index (χ1) is 10.7. The van der Waals surface area contributed by atoms with E-state index in [2.05, 4.69) is 62.6 Å². The van der Waals surface area contributed by atoms with Crippen LogP contribution in [0.5, 0.6) is 5.75 Å². The predicted molar refractivity (Wildman–Crippen MR) is 90.8 cm³/mol. The van der Waals surface area contributed by atoms with Crippen molar-refractivity contribution in [2.24, 2.45) is 0 Å². The fourth-order valence-corrected chi connectivity index (χ4v) is 3.32. The molecule has 2 nitrogen and oxygen atoms in total. The summed E-state index contributed by atoms with van der Waals surface area (Å²) < 4.78 is 5.83. The molecule has 0 heterocycles. The summed E-state index contributed by atoms with van der Waals surface area (Å²) in [6, 6.07) is 17.6. The van der Waals surface area contributed by atoms with E-state index in [0.717, 1.165) is 25.3 Å². The van der Waals surface area contributed by atoms with Crippen molar-refractivity contribution in [3.63, 3.8) is 0 Å². The summed E-state index contributed by atoms with van der Waals surface area (Å²) in [4.78, 5) is 1.47. The van der Waals surface area contributed by atoms with Gasteiger partial charge in [0.25, 0.3) is 0 Å². The first-order valence-corrected chi connectivity index (χ1v) is 8.33. The van der Waals surface area contributed by atoms with Gasteiger partial charge in [-0.25, -0.2) is 0 Å². The van der Waals surface area contributed by atoms with E-state index in [1.807, 2.05) is 0 Å². The number of rotatable bonds is 6. The van der Waals surface area contributed by atoms with E-state index in [4.69, 9.17) is 4.74 Å². The number of aryl methyl sites for hydroxylation is 1. The number of hydrogen-bond acceptors (Lipinski definition) is 1. The summed E-state index contributed by atoms with van der Waals surface area (Å²) in [6.07, 6.45) is 3.53. The summed E-state index contributed by atoms with van der Waals surface area (Å²) in [6.45, 7) is 1.95. The molecule has 0 aliphatic heterocycles. The summed E-state index contributed by atoms with van der Waals surface area (Å²) in [5, 5.41) is 0. The van der Waals surface area contributed by atoms with Crippen LogP contribution < -0.4 is 22.0 Å². The van der Waals surface area contributed by atoms with Crippen molar-refractivity contribution in [3.8, 4) is 5.75 Å². The van der Waals surface area contributed by atoms with E-state index in [9.17, 15) is 0 Å². The zero-order valence-electron chi connectivity index (χ0n) is 14.0. The van der Waals surface area contributed by atoms with Gasteiger partial charge >= 0.3 is 0 Å². The lowest BCUT2D eigenvalue weighted by molar-refractivity contribution is -0.858. The van der Waals surface area contributed by atoms with Crippen molar-refractivity contribution in [1.29, 1.82) is 0 Å². The number of halogens is 1. The van der Waals surface area contributed by atoms with Crippen molar-refractivity contribution in [3.05, 3.63) is 65.2 Å². The Hall–Kier alpha value is -1.51. The summed E-state index contributed by atoms with van der Waals surface area (Å²) in [5.41, 5.74) is 4.43. The molecule has 2 aromatic carbocycles. The SMILES string of the molecule is C[NH+](C)CCCOc1ccc(C2CCc3ccccc32)cc1.[Cl-]. The molecule has 1 N–H and O–H groups in total. The van der Waals surface area contributed by atoms with Gasteiger partial charge in [0, 0.05) is 12.3 Å². The highest BCUT2D eigenvalue weighted by atomic mass is 35.5. The Bertz CT molecular complexity index is 609. The molecule has 1 aliphatic rings. The number of fused-ring (bicyclic) bond motifs is 1. The molecule has 0 saturated carbocycles. The van der Waals surface area contributed by atoms with E-state index in [1.165, 1.54) is 34.4 Å². The number of nitrogens with one attached hydrogen (secondary N) is 1. The van der Waals surface area contributed by atoms with Crippen LogP contribution in [-0.2, 0) is 6.42 Å². The van der Waals surface area contributed by atoms with Gasteiger partial charge < -0.3 is 22.0 Å². The standard InChI is InChI=1S/C20H25NO.ClH/c1-21(2)14-5-15-22-18-11-8-17(9-12-18)20-13-10-16-6-3-4-7-19(16)20;/h3-4,6-9,11-12,20H,5,10,13-15H2,1-2H3;1H. The Kier molecular flexibility index (Phi) is 6.49. The summed E-state index contributed by atoms with van der Waals surface area (Å²) in [5.74, 6) is 1.55. The van der Waals surface area contributed by atoms with Crippen molar-refractivity contribution in [2.75, 3.05) is 27.2 Å². The van der Waals surface area contributed by atoms with Gasteiger partial charge in [0.2, 0.25) is 0 Å². The average Bonchev–Trinajstić information content (AvgIpc) is 2.96. The number of quaternary nitrogens is 1. The number of benzene rings is 2. The van der Waals surface area contributed by atoms with Crippen LogP contribution in [0.4, 0.5) is 0 Å². The van der Waals surface area contributed by atoms with Crippen LogP contribution in [0.2, 0.25) is 0 Å². The van der Waals surface area contributed by atoms with Gasteiger partial charge in [0.15, 0.2) is 0 Å². The molecular formula is C20H26ClNO. The molecule has 0 spiro atoms. The van der Waals surface area contributed by atoms with E-state index in [0.29, 0.717) is 5.92 Å². The molecule has 3 heteroatoms. The van der Waals surface area contributed by atoms with Gasteiger partial charge in [0.05, 0.1) is 27.2 Å². The fraction of sp³-hybridized carbons (Fsp3) is 0.400. The van der Waals surface area contributed by atoms with Crippen molar-refractivity contribution < 1.29 is 22.0 Å². The van der Waals surface area contributed by atoms with E-state index in [1.54, 1.807) is 0 Å². The number of hydrogen-bond donors (Lipinski definition) is 1. The first kappa shape index (κ1) is 17.8. The lowest BCUT2D eigenvalue weighted by Gasteiger charge is -2.13. The van der Waals surface area contributed by atoms with E-state index < -0.39 is 0 Å². The molecule has 0 saturated heterocycles. The largest absolute Gasteiger partial charge is 1.00 e. The minimum Gasteiger partial charge on any atom is -1.00 e. The van der Waals surface area contributed by atoms with Crippen molar-refractivity contribution in [2.45, 2.75) is 25.2 Å². The zero-order valence-corrected chi connectivity index (χ0v) is 14.8. The van der Waals surface area contributed by atoms with E-state index >= 15 is 0 Å². The lowest BCUT2D eigenvalue weighted by Crippen LogP contribution is -3.05. The van der Waals surface area contributed by atoms with Crippen LogP contribution >= 0.6 is 0 Å². The molecule has 2 aromatic rings. The van der Waals surface area contributed by atoms with Crippen molar-refractivity contribution >= 4 is 0 Å². The Morgan fingerprint density at radius 2 is 1.78 bits per heavy atom. The van der Waals surface area contributed by atoms with Crippen LogP contribution in [0.15, 0.2) is 48.5 Å². The van der Waals surface area contributed by atoms with E-state index in [-0.39, 0.29) is 12.4 Å². The fourth-order valence-electron chi connectivity index (χ4n) is 3.32. The Morgan fingerprint density at radius 1 is 1.04 bits per heavy atom. The van der Waals surface area contributed by atoms with Gasteiger partial charge in [-0.3, -0.25) is 0 Å². The van der Waals surface area contributed by atoms with Crippen LogP contribution in [0, 0.1) is 0 Å². The Morgan fingerprint density at radius 3 is 2.52 bits per heavy atom. The third-order valence-electron chi connectivity index (χ3n) is 4.51. The van der Waals surface area contributed by atoms with Crippen LogP contribution in [-0.4, -0.2) is 27.2 Å². The molecular weight excluding hydrogens is 306 g/mol. The molecule has 0 aromatic heterocycles. The van der Waals surface area contributed by atoms with Gasteiger partial charge in [0.1, 0.15) is 5.75 Å². The Labute approximate surface area is 145 Å². The zero-order chi connectivity index (χ0) is 15.4. The van der Waals surface area contributed by atoms with Gasteiger partial charge in [-0.1, -0.05) is 36.4 Å². The molecule has 3 rings (SSSR count). The topological polar surface area (TPSA) is 13.7 Å². The van der Waals surface area contributed by atoms with Crippen LogP contribution in [0.25, 0.3) is 0 Å². The Balaban J connectivity index is 0.00000192. The molecule has 23 heavy (non-hydrogen) atoms. The minimum absolute atomic E-state index is 0. The number of ether oxygens (including phenoxy) is 1. The quantitative estimate of drug-likeness (QED) is 0.717. The maximum Gasteiger partial charge on any atom is 0.119 e. The summed E-state index contributed by atoms with van der Waals surface area (Å²) in [7, 11) is 4.35. The van der Waals surface area contributed by atoms with Gasteiger partial charge in [-0.15, -0.1) is 0 Å². The second kappa shape index (κ2) is 8.37. The van der Waals surface area contributed by atoms with Crippen LogP contribution in [0.1, 0.15) is 35.4 Å². The maximum atomic E-state index is 5.83. The predicted octanol–water partition coefficient (Wildman–Crippen LogP) is -0.318. The second-order valence-electron chi connectivity index (χ2n) is 6.52. The molecule has 0 radical (unpaired) electrons. The maximum absolute atomic E-state index is 5.83. The molecule has 0 amide bonds. The smallest absolute Gasteiger partial charge is 0.119 e. The molecule has 1 unspecified atom stereocenters. The monoisotopic (exact) mass is 331 g/mol. The highest BCUT2D eigenvalue weighted by molar-refractivity contribution is 5.43. The normalized spacial score (nSPS) is 16.0. The highest BCUT2D eigenvalue weighted by Gasteiger charge is 2.23. The first-order valence-electron chi connectivity index (χ1n) is 8.33. The summed E-state index contributed by atoms with van der Waals surface area (Å²) >= 11 is 0. The molecule has 1 atom stereocenters. The average molecular weight is 332 g/mol. The van der Waals surface area contributed by atoms with Gasteiger partial charge in [-0.2, -0.15) is 0 Å². The molecule has 0 bridgehead atoms. The van der Waals surface area contributed by atoms with Crippen molar-refractivity contribution in [1.82, 2.24) is 0 Å². The lowest BCUT2D eigenvalue weighted by atomic mass is 9.93. The highest BCUT2D eigenvalue weighted by Crippen LogP contribution is 2.38. The molecule has 124 valence electrons. The molecule has 1 aliphatic carbocycles. The van der Waals surface area contributed by atoms with Gasteiger partial charge in [-0.05, 0) is 41.7 Å².